The van der Waals surface area contributed by atoms with E-state index in [1.165, 1.54) is 6.92 Å². The van der Waals surface area contributed by atoms with E-state index >= 15 is 0 Å². The second kappa shape index (κ2) is 6.37. The zero-order chi connectivity index (χ0) is 12.7. The van der Waals surface area contributed by atoms with Crippen molar-refractivity contribution in [3.63, 3.8) is 0 Å². The second-order valence-electron chi connectivity index (χ2n) is 4.30. The van der Waals surface area contributed by atoms with Gasteiger partial charge >= 0.3 is 0 Å². The van der Waals surface area contributed by atoms with E-state index in [-0.39, 0.29) is 5.91 Å². The Hall–Kier alpha value is -1.39. The van der Waals surface area contributed by atoms with Gasteiger partial charge in [-0.05, 0) is 12.5 Å². The lowest BCUT2D eigenvalue weighted by atomic mass is 9.96. The third-order valence-electron chi connectivity index (χ3n) is 2.54. The lowest BCUT2D eigenvalue weighted by molar-refractivity contribution is -0.118. The zero-order valence-electron chi connectivity index (χ0n) is 10.4. The lowest BCUT2D eigenvalue weighted by Crippen LogP contribution is -2.39. The monoisotopic (exact) mass is 236 g/mol. The van der Waals surface area contributed by atoms with Crippen molar-refractivity contribution in [3.05, 3.63) is 35.9 Å². The molecule has 17 heavy (non-hydrogen) atoms. The number of carbonyl (C=O) groups is 1. The molecule has 0 radical (unpaired) electrons. The van der Waals surface area contributed by atoms with E-state index in [1.54, 1.807) is 6.92 Å². The summed E-state index contributed by atoms with van der Waals surface area (Å²) in [6.45, 7) is 4.92. The molecule has 0 aliphatic carbocycles. The maximum Gasteiger partial charge on any atom is 0.216 e. The molecule has 4 nitrogen and oxygen atoms in total. The van der Waals surface area contributed by atoms with E-state index in [0.717, 1.165) is 5.56 Å². The van der Waals surface area contributed by atoms with E-state index in [2.05, 4.69) is 10.6 Å². The van der Waals surface area contributed by atoms with Crippen molar-refractivity contribution >= 4 is 5.91 Å². The molecule has 0 heterocycles. The van der Waals surface area contributed by atoms with E-state index in [0.29, 0.717) is 19.6 Å². The van der Waals surface area contributed by atoms with Crippen LogP contribution in [0.1, 0.15) is 19.4 Å². The number of nitrogens with one attached hydrogen (secondary N) is 2. The first-order valence-electron chi connectivity index (χ1n) is 5.75. The molecule has 4 heteroatoms. The first-order chi connectivity index (χ1) is 8.02. The van der Waals surface area contributed by atoms with Crippen molar-refractivity contribution in [2.45, 2.75) is 19.4 Å². The Kier molecular flexibility index (Phi) is 5.12. The average molecular weight is 236 g/mol. The summed E-state index contributed by atoms with van der Waals surface area (Å²) in [4.78, 5) is 10.6. The molecule has 0 saturated heterocycles. The van der Waals surface area contributed by atoms with E-state index in [1.807, 2.05) is 30.3 Å². The molecule has 3 N–H and O–H groups in total. The van der Waals surface area contributed by atoms with Crippen LogP contribution in [0.2, 0.25) is 0 Å². The van der Waals surface area contributed by atoms with Crippen molar-refractivity contribution in [3.8, 4) is 0 Å². The molecule has 0 aliphatic heterocycles. The van der Waals surface area contributed by atoms with Gasteiger partial charge in [-0.1, -0.05) is 30.3 Å². The SMILES string of the molecule is CC(=O)NCCNCC(C)(O)c1ccccc1. The molecule has 0 aliphatic rings. The minimum Gasteiger partial charge on any atom is -0.384 e. The number of hydrogen-bond donors (Lipinski definition) is 3. The highest BCUT2D eigenvalue weighted by Gasteiger charge is 2.21. The fourth-order valence-electron chi connectivity index (χ4n) is 1.56. The molecule has 1 aromatic carbocycles. The fraction of sp³-hybridized carbons (Fsp3) is 0.462. The van der Waals surface area contributed by atoms with Crippen molar-refractivity contribution in [2.75, 3.05) is 19.6 Å². The van der Waals surface area contributed by atoms with Crippen molar-refractivity contribution in [2.24, 2.45) is 0 Å². The average Bonchev–Trinajstić information content (AvgIpc) is 2.29. The summed E-state index contributed by atoms with van der Waals surface area (Å²) in [5.74, 6) is -0.0402. The van der Waals surface area contributed by atoms with Gasteiger partial charge in [0.05, 0.1) is 5.60 Å². The second-order valence-corrected chi connectivity index (χ2v) is 4.30. The van der Waals surface area contributed by atoms with E-state index in [9.17, 15) is 9.90 Å². The number of carbonyl (C=O) groups excluding carboxylic acids is 1. The Balaban J connectivity index is 2.33. The molecule has 94 valence electrons. The standard InChI is InChI=1S/C13H20N2O2/c1-11(16)15-9-8-14-10-13(2,17)12-6-4-3-5-7-12/h3-7,14,17H,8-10H2,1-2H3,(H,15,16). The van der Waals surface area contributed by atoms with Gasteiger partial charge < -0.3 is 15.7 Å². The smallest absolute Gasteiger partial charge is 0.216 e. The van der Waals surface area contributed by atoms with Crippen LogP contribution in [0.15, 0.2) is 30.3 Å². The Morgan fingerprint density at radius 3 is 2.53 bits per heavy atom. The van der Waals surface area contributed by atoms with Gasteiger partial charge in [-0.15, -0.1) is 0 Å². The van der Waals surface area contributed by atoms with Crippen molar-refractivity contribution in [1.82, 2.24) is 10.6 Å². The van der Waals surface area contributed by atoms with Crippen LogP contribution >= 0.6 is 0 Å². The topological polar surface area (TPSA) is 61.4 Å². The largest absolute Gasteiger partial charge is 0.384 e. The number of hydrogen-bond acceptors (Lipinski definition) is 3. The summed E-state index contributed by atoms with van der Waals surface area (Å²) in [6.07, 6.45) is 0. The van der Waals surface area contributed by atoms with Crippen molar-refractivity contribution in [1.29, 1.82) is 0 Å². The fourth-order valence-corrected chi connectivity index (χ4v) is 1.56. The molecule has 1 atom stereocenters. The molecule has 1 aromatic rings. The van der Waals surface area contributed by atoms with Crippen LogP contribution in [0.4, 0.5) is 0 Å². The summed E-state index contributed by atoms with van der Waals surface area (Å²) < 4.78 is 0. The molecule has 0 spiro atoms. The predicted molar refractivity (Wildman–Crippen MR) is 67.6 cm³/mol. The van der Waals surface area contributed by atoms with Gasteiger partial charge in [-0.3, -0.25) is 4.79 Å². The van der Waals surface area contributed by atoms with Crippen LogP contribution in [-0.2, 0) is 10.4 Å². The highest BCUT2D eigenvalue weighted by Crippen LogP contribution is 2.18. The van der Waals surface area contributed by atoms with Crippen LogP contribution in [0.3, 0.4) is 0 Å². The van der Waals surface area contributed by atoms with Gasteiger partial charge in [0.1, 0.15) is 0 Å². The summed E-state index contributed by atoms with van der Waals surface area (Å²) in [7, 11) is 0. The van der Waals surface area contributed by atoms with Crippen molar-refractivity contribution < 1.29 is 9.90 Å². The van der Waals surface area contributed by atoms with Crippen LogP contribution in [0.25, 0.3) is 0 Å². The van der Waals surface area contributed by atoms with Gasteiger partial charge in [0, 0.05) is 26.6 Å². The van der Waals surface area contributed by atoms with Gasteiger partial charge in [-0.2, -0.15) is 0 Å². The normalized spacial score (nSPS) is 14.1. The molecule has 0 saturated carbocycles. The third kappa shape index (κ3) is 4.97. The van der Waals surface area contributed by atoms with E-state index < -0.39 is 5.60 Å². The Labute approximate surface area is 102 Å². The Morgan fingerprint density at radius 2 is 1.94 bits per heavy atom. The Bertz CT molecular complexity index is 350. The highest BCUT2D eigenvalue weighted by molar-refractivity contribution is 5.72. The lowest BCUT2D eigenvalue weighted by Gasteiger charge is -2.24. The summed E-state index contributed by atoms with van der Waals surface area (Å²) in [5.41, 5.74) is -0.00988. The number of aliphatic hydroxyl groups is 1. The van der Waals surface area contributed by atoms with Crippen LogP contribution in [-0.4, -0.2) is 30.6 Å². The molecule has 0 fully saturated rings. The minimum absolute atomic E-state index is 0.0402. The number of amides is 1. The minimum atomic E-state index is -0.891. The summed E-state index contributed by atoms with van der Waals surface area (Å²) >= 11 is 0. The van der Waals surface area contributed by atoms with E-state index in [4.69, 9.17) is 0 Å². The third-order valence-corrected chi connectivity index (χ3v) is 2.54. The highest BCUT2D eigenvalue weighted by atomic mass is 16.3. The Morgan fingerprint density at radius 1 is 1.29 bits per heavy atom. The molecule has 0 aromatic heterocycles. The molecule has 1 amide bonds. The molecule has 1 rings (SSSR count). The van der Waals surface area contributed by atoms with Crippen LogP contribution in [0, 0.1) is 0 Å². The first kappa shape index (κ1) is 13.7. The molecular weight excluding hydrogens is 216 g/mol. The quantitative estimate of drug-likeness (QED) is 0.635. The van der Waals surface area contributed by atoms with Gasteiger partial charge in [-0.25, -0.2) is 0 Å². The van der Waals surface area contributed by atoms with Crippen LogP contribution in [0.5, 0.6) is 0 Å². The number of rotatable bonds is 6. The zero-order valence-corrected chi connectivity index (χ0v) is 10.4. The van der Waals surface area contributed by atoms with Gasteiger partial charge in [0.15, 0.2) is 0 Å². The molecule has 1 unspecified atom stereocenters. The van der Waals surface area contributed by atoms with Gasteiger partial charge in [0.2, 0.25) is 5.91 Å². The molecular formula is C13H20N2O2. The number of benzene rings is 1. The summed E-state index contributed by atoms with van der Waals surface area (Å²) in [5, 5.41) is 16.0. The first-order valence-corrected chi connectivity index (χ1v) is 5.75. The van der Waals surface area contributed by atoms with Gasteiger partial charge in [0.25, 0.3) is 0 Å². The van der Waals surface area contributed by atoms with Crippen LogP contribution < -0.4 is 10.6 Å². The maximum atomic E-state index is 10.6. The summed E-state index contributed by atoms with van der Waals surface area (Å²) in [6, 6.07) is 9.52. The predicted octanol–water partition coefficient (Wildman–Crippen LogP) is 0.620. The maximum absolute atomic E-state index is 10.6. The molecule has 0 bridgehead atoms.